The number of ether oxygens (including phenoxy) is 1. The highest BCUT2D eigenvalue weighted by Gasteiger charge is 2.15. The van der Waals surface area contributed by atoms with Gasteiger partial charge in [-0.3, -0.25) is 4.79 Å². The predicted octanol–water partition coefficient (Wildman–Crippen LogP) is 2.22. The minimum atomic E-state index is -0.450. The van der Waals surface area contributed by atoms with Gasteiger partial charge in [0.05, 0.1) is 6.10 Å². The smallest absolute Gasteiger partial charge is 0.248 e. The Morgan fingerprint density at radius 1 is 1.38 bits per heavy atom. The number of nitrogens with one attached hydrogen (secondary N) is 2. The number of rotatable bonds is 6. The summed E-state index contributed by atoms with van der Waals surface area (Å²) in [5.74, 6) is 0.827. The third-order valence-corrected chi connectivity index (χ3v) is 3.92. The molecule has 1 aliphatic heterocycles. The van der Waals surface area contributed by atoms with Gasteiger partial charge in [0.1, 0.15) is 5.82 Å². The van der Waals surface area contributed by atoms with Crippen molar-refractivity contribution in [2.75, 3.05) is 23.8 Å². The van der Waals surface area contributed by atoms with Gasteiger partial charge in [-0.25, -0.2) is 4.98 Å². The van der Waals surface area contributed by atoms with Gasteiger partial charge in [0.2, 0.25) is 11.9 Å². The molecular weight excluding hydrogens is 306 g/mol. The summed E-state index contributed by atoms with van der Waals surface area (Å²) < 4.78 is 5.61. The van der Waals surface area contributed by atoms with Crippen LogP contribution in [0.5, 0.6) is 0 Å². The molecule has 4 N–H and O–H groups in total. The summed E-state index contributed by atoms with van der Waals surface area (Å²) in [5.41, 5.74) is 7.46. The number of benzene rings is 1. The minimum absolute atomic E-state index is 0.247. The van der Waals surface area contributed by atoms with Crippen LogP contribution in [0.1, 0.15) is 28.8 Å². The van der Waals surface area contributed by atoms with Gasteiger partial charge in [0.25, 0.3) is 0 Å². The Kier molecular flexibility index (Phi) is 4.90. The van der Waals surface area contributed by atoms with Gasteiger partial charge in [0, 0.05) is 36.2 Å². The summed E-state index contributed by atoms with van der Waals surface area (Å²) in [4.78, 5) is 19.9. The van der Waals surface area contributed by atoms with Crippen LogP contribution in [-0.2, 0) is 4.74 Å². The third-order valence-electron chi connectivity index (χ3n) is 3.92. The molecule has 7 heteroatoms. The van der Waals surface area contributed by atoms with E-state index < -0.39 is 5.91 Å². The summed E-state index contributed by atoms with van der Waals surface area (Å²) in [6.45, 7) is 3.54. The molecule has 1 aromatic carbocycles. The van der Waals surface area contributed by atoms with Crippen LogP contribution in [0.25, 0.3) is 0 Å². The molecule has 0 aliphatic carbocycles. The van der Waals surface area contributed by atoms with Crippen molar-refractivity contribution in [3.05, 3.63) is 41.6 Å². The number of carbonyl (C=O) groups excluding carboxylic acids is 1. The maximum absolute atomic E-state index is 11.1. The fourth-order valence-electron chi connectivity index (χ4n) is 2.54. The van der Waals surface area contributed by atoms with E-state index in [-0.39, 0.29) is 6.10 Å². The minimum Gasteiger partial charge on any atom is -0.376 e. The third kappa shape index (κ3) is 3.99. The van der Waals surface area contributed by atoms with Gasteiger partial charge >= 0.3 is 0 Å². The molecule has 1 aliphatic rings. The van der Waals surface area contributed by atoms with E-state index in [0.717, 1.165) is 43.1 Å². The molecule has 0 spiro atoms. The van der Waals surface area contributed by atoms with Crippen molar-refractivity contribution in [1.29, 1.82) is 0 Å². The largest absolute Gasteiger partial charge is 0.376 e. The Bertz CT molecular complexity index is 711. The monoisotopic (exact) mass is 327 g/mol. The lowest BCUT2D eigenvalue weighted by molar-refractivity contribution is 0.100. The van der Waals surface area contributed by atoms with E-state index in [1.165, 1.54) is 0 Å². The second-order valence-electron chi connectivity index (χ2n) is 5.81. The molecule has 1 saturated heterocycles. The second kappa shape index (κ2) is 7.27. The zero-order valence-corrected chi connectivity index (χ0v) is 13.6. The lowest BCUT2D eigenvalue weighted by Crippen LogP contribution is -2.19. The number of anilines is 3. The Morgan fingerprint density at radius 3 is 2.83 bits per heavy atom. The van der Waals surface area contributed by atoms with Crippen molar-refractivity contribution in [2.24, 2.45) is 5.73 Å². The number of nitrogens with two attached hydrogens (primary N) is 1. The molecular formula is C17H21N5O2. The van der Waals surface area contributed by atoms with Crippen molar-refractivity contribution >= 4 is 23.4 Å². The van der Waals surface area contributed by atoms with E-state index in [0.29, 0.717) is 11.5 Å². The number of aromatic nitrogens is 2. The molecule has 0 radical (unpaired) electrons. The average molecular weight is 327 g/mol. The molecule has 0 saturated carbocycles. The molecule has 7 nitrogen and oxygen atoms in total. The zero-order chi connectivity index (χ0) is 16.9. The topological polar surface area (TPSA) is 102 Å². The lowest BCUT2D eigenvalue weighted by atomic mass is 10.2. The van der Waals surface area contributed by atoms with Crippen LogP contribution in [0.2, 0.25) is 0 Å². The summed E-state index contributed by atoms with van der Waals surface area (Å²) in [5, 5.41) is 6.45. The molecule has 24 heavy (non-hydrogen) atoms. The first-order valence-corrected chi connectivity index (χ1v) is 7.98. The van der Waals surface area contributed by atoms with Crippen LogP contribution < -0.4 is 16.4 Å². The number of nitrogens with zero attached hydrogens (tertiary/aromatic N) is 2. The Labute approximate surface area is 140 Å². The van der Waals surface area contributed by atoms with Gasteiger partial charge in [-0.1, -0.05) is 0 Å². The lowest BCUT2D eigenvalue weighted by Gasteiger charge is -2.14. The van der Waals surface area contributed by atoms with Crippen molar-refractivity contribution in [2.45, 2.75) is 25.9 Å². The summed E-state index contributed by atoms with van der Waals surface area (Å²) in [7, 11) is 0. The first kappa shape index (κ1) is 16.2. The maximum atomic E-state index is 11.1. The molecule has 126 valence electrons. The van der Waals surface area contributed by atoms with Crippen molar-refractivity contribution in [3.63, 3.8) is 0 Å². The fourth-order valence-corrected chi connectivity index (χ4v) is 2.54. The van der Waals surface area contributed by atoms with E-state index in [9.17, 15) is 4.79 Å². The Balaban J connectivity index is 1.66. The fraction of sp³-hybridized carbons (Fsp3) is 0.353. The van der Waals surface area contributed by atoms with E-state index in [2.05, 4.69) is 20.6 Å². The van der Waals surface area contributed by atoms with Crippen LogP contribution in [0.4, 0.5) is 17.5 Å². The quantitative estimate of drug-likeness (QED) is 0.752. The van der Waals surface area contributed by atoms with Gasteiger partial charge in [-0.15, -0.1) is 0 Å². The number of aryl methyl sites for hydroxylation is 1. The maximum Gasteiger partial charge on any atom is 0.248 e. The molecule has 1 fully saturated rings. The molecule has 1 aromatic heterocycles. The van der Waals surface area contributed by atoms with Gasteiger partial charge in [-0.2, -0.15) is 4.98 Å². The first-order chi connectivity index (χ1) is 11.6. The van der Waals surface area contributed by atoms with E-state index in [1.807, 2.05) is 6.92 Å². The van der Waals surface area contributed by atoms with Crippen LogP contribution in [0.15, 0.2) is 30.5 Å². The van der Waals surface area contributed by atoms with Gasteiger partial charge in [0.15, 0.2) is 0 Å². The second-order valence-corrected chi connectivity index (χ2v) is 5.81. The standard InChI is InChI=1S/C17H21N5O2/c1-11-9-20-17(21-13-6-4-12(5-7-13)15(18)23)22-16(11)19-10-14-3-2-8-24-14/h4-7,9,14H,2-3,8,10H2,1H3,(H2,18,23)(H2,19,20,21,22). The molecule has 1 unspecified atom stereocenters. The zero-order valence-electron chi connectivity index (χ0n) is 13.6. The Morgan fingerprint density at radius 2 is 2.17 bits per heavy atom. The van der Waals surface area contributed by atoms with Crippen LogP contribution in [0.3, 0.4) is 0 Å². The van der Waals surface area contributed by atoms with E-state index in [1.54, 1.807) is 30.5 Å². The average Bonchev–Trinajstić information content (AvgIpc) is 3.09. The van der Waals surface area contributed by atoms with E-state index in [4.69, 9.17) is 10.5 Å². The van der Waals surface area contributed by atoms with Crippen LogP contribution in [0, 0.1) is 6.92 Å². The van der Waals surface area contributed by atoms with E-state index >= 15 is 0 Å². The SMILES string of the molecule is Cc1cnc(Nc2ccc(C(N)=O)cc2)nc1NCC1CCCO1. The molecule has 3 rings (SSSR count). The van der Waals surface area contributed by atoms with Crippen molar-refractivity contribution in [1.82, 2.24) is 9.97 Å². The summed E-state index contributed by atoms with van der Waals surface area (Å²) in [6.07, 6.45) is 4.21. The summed E-state index contributed by atoms with van der Waals surface area (Å²) >= 11 is 0. The number of hydrogen-bond acceptors (Lipinski definition) is 6. The van der Waals surface area contributed by atoms with Crippen LogP contribution in [-0.4, -0.2) is 35.1 Å². The number of hydrogen-bond donors (Lipinski definition) is 3. The first-order valence-electron chi connectivity index (χ1n) is 7.98. The van der Waals surface area contributed by atoms with Crippen molar-refractivity contribution < 1.29 is 9.53 Å². The summed E-state index contributed by atoms with van der Waals surface area (Å²) in [6, 6.07) is 6.86. The number of primary amides is 1. The number of carbonyl (C=O) groups is 1. The molecule has 2 heterocycles. The highest BCUT2D eigenvalue weighted by Crippen LogP contribution is 2.19. The molecule has 1 atom stereocenters. The number of amides is 1. The predicted molar refractivity (Wildman–Crippen MR) is 92.5 cm³/mol. The molecule has 0 bridgehead atoms. The highest BCUT2D eigenvalue weighted by molar-refractivity contribution is 5.93. The van der Waals surface area contributed by atoms with Crippen LogP contribution >= 0.6 is 0 Å². The Hall–Kier alpha value is -2.67. The normalized spacial score (nSPS) is 16.8. The van der Waals surface area contributed by atoms with Crippen molar-refractivity contribution in [3.8, 4) is 0 Å². The van der Waals surface area contributed by atoms with Gasteiger partial charge < -0.3 is 21.1 Å². The highest BCUT2D eigenvalue weighted by atomic mass is 16.5. The molecule has 1 amide bonds. The molecule has 2 aromatic rings. The van der Waals surface area contributed by atoms with Gasteiger partial charge in [-0.05, 0) is 44.0 Å².